The number of ether oxygens (including phenoxy) is 3. The lowest BCUT2D eigenvalue weighted by Crippen LogP contribution is -2.48. The van der Waals surface area contributed by atoms with Gasteiger partial charge in [0.2, 0.25) is 0 Å². The molecule has 0 bridgehead atoms. The molecule has 0 spiro atoms. The molecule has 0 N–H and O–H groups in total. The van der Waals surface area contributed by atoms with Gasteiger partial charge in [-0.1, -0.05) is 6.07 Å². The lowest BCUT2D eigenvalue weighted by Gasteiger charge is -2.34. The lowest BCUT2D eigenvalue weighted by atomic mass is 10.3. The SMILES string of the molecule is COc1ccc(OCCN2CCN(CCOc3cccc([N+](=O)[O-])c3)CC2)cc1. The first-order chi connectivity index (χ1) is 14.1. The van der Waals surface area contributed by atoms with Gasteiger partial charge in [0.05, 0.1) is 18.1 Å². The monoisotopic (exact) mass is 401 g/mol. The summed E-state index contributed by atoms with van der Waals surface area (Å²) in [6.45, 7) is 6.79. The molecule has 1 aliphatic rings. The van der Waals surface area contributed by atoms with E-state index in [1.54, 1.807) is 19.2 Å². The molecule has 0 aromatic heterocycles. The third-order valence-electron chi connectivity index (χ3n) is 4.91. The van der Waals surface area contributed by atoms with Crippen molar-refractivity contribution in [2.75, 3.05) is 59.6 Å². The molecule has 1 aliphatic heterocycles. The smallest absolute Gasteiger partial charge is 0.273 e. The van der Waals surface area contributed by atoms with Gasteiger partial charge in [-0.25, -0.2) is 0 Å². The van der Waals surface area contributed by atoms with Crippen molar-refractivity contribution < 1.29 is 19.1 Å². The molecular weight excluding hydrogens is 374 g/mol. The molecule has 2 aromatic carbocycles. The predicted octanol–water partition coefficient (Wildman–Crippen LogP) is 2.68. The molecule has 8 heteroatoms. The van der Waals surface area contributed by atoms with Gasteiger partial charge < -0.3 is 14.2 Å². The summed E-state index contributed by atoms with van der Waals surface area (Å²) in [4.78, 5) is 15.1. The number of nitro groups is 1. The number of rotatable bonds is 10. The number of benzene rings is 2. The van der Waals surface area contributed by atoms with E-state index in [9.17, 15) is 10.1 Å². The molecule has 2 aromatic rings. The number of non-ortho nitro benzene ring substituents is 1. The van der Waals surface area contributed by atoms with E-state index in [0.29, 0.717) is 19.0 Å². The molecule has 8 nitrogen and oxygen atoms in total. The molecule has 3 rings (SSSR count). The normalized spacial score (nSPS) is 15.1. The standard InChI is InChI=1S/C21H27N3O5/c1-27-19-5-7-20(8-6-19)28-15-13-22-9-11-23(12-10-22)14-16-29-21-4-2-3-18(17-21)24(25)26/h2-8,17H,9-16H2,1H3. The van der Waals surface area contributed by atoms with Crippen LogP contribution in [0.1, 0.15) is 0 Å². The van der Waals surface area contributed by atoms with Crippen LogP contribution in [0.4, 0.5) is 5.69 Å². The van der Waals surface area contributed by atoms with Gasteiger partial charge >= 0.3 is 0 Å². The highest BCUT2D eigenvalue weighted by molar-refractivity contribution is 5.37. The average molecular weight is 401 g/mol. The summed E-state index contributed by atoms with van der Waals surface area (Å²) in [6.07, 6.45) is 0. The molecule has 0 aliphatic carbocycles. The highest BCUT2D eigenvalue weighted by Gasteiger charge is 2.16. The lowest BCUT2D eigenvalue weighted by molar-refractivity contribution is -0.384. The van der Waals surface area contributed by atoms with Gasteiger partial charge in [-0.15, -0.1) is 0 Å². The Balaban J connectivity index is 1.30. The van der Waals surface area contributed by atoms with Crippen LogP contribution in [0.5, 0.6) is 17.2 Å². The fourth-order valence-corrected chi connectivity index (χ4v) is 3.18. The van der Waals surface area contributed by atoms with Crippen molar-refractivity contribution in [1.29, 1.82) is 0 Å². The Morgan fingerprint density at radius 2 is 1.41 bits per heavy atom. The first kappa shape index (κ1) is 20.9. The fraction of sp³-hybridized carbons (Fsp3) is 0.429. The zero-order chi connectivity index (χ0) is 20.5. The molecule has 1 saturated heterocycles. The zero-order valence-corrected chi connectivity index (χ0v) is 16.7. The molecule has 156 valence electrons. The summed E-state index contributed by atoms with van der Waals surface area (Å²) < 4.78 is 16.6. The molecule has 0 saturated carbocycles. The Kier molecular flexibility index (Phi) is 7.66. The quantitative estimate of drug-likeness (QED) is 0.447. The number of nitrogens with zero attached hydrogens (tertiary/aromatic N) is 3. The predicted molar refractivity (Wildman–Crippen MR) is 110 cm³/mol. The second-order valence-electron chi connectivity index (χ2n) is 6.81. The Labute approximate surface area is 170 Å². The maximum Gasteiger partial charge on any atom is 0.273 e. The number of hydrogen-bond acceptors (Lipinski definition) is 7. The van der Waals surface area contributed by atoms with E-state index in [2.05, 4.69) is 9.80 Å². The van der Waals surface area contributed by atoms with Gasteiger partial charge in [-0.3, -0.25) is 19.9 Å². The van der Waals surface area contributed by atoms with E-state index in [0.717, 1.165) is 50.8 Å². The summed E-state index contributed by atoms with van der Waals surface area (Å²) in [5.74, 6) is 2.21. The topological polar surface area (TPSA) is 77.3 Å². The van der Waals surface area contributed by atoms with E-state index in [-0.39, 0.29) is 5.69 Å². The minimum Gasteiger partial charge on any atom is -0.497 e. The zero-order valence-electron chi connectivity index (χ0n) is 16.7. The van der Waals surface area contributed by atoms with Crippen molar-refractivity contribution in [1.82, 2.24) is 9.80 Å². The van der Waals surface area contributed by atoms with Crippen LogP contribution in [-0.4, -0.2) is 74.3 Å². The summed E-state index contributed by atoms with van der Waals surface area (Å²) in [5.41, 5.74) is 0.0490. The van der Waals surface area contributed by atoms with Crippen molar-refractivity contribution in [3.05, 3.63) is 58.6 Å². The molecule has 0 unspecified atom stereocenters. The van der Waals surface area contributed by atoms with Crippen LogP contribution in [0.3, 0.4) is 0 Å². The molecule has 1 fully saturated rings. The second-order valence-corrected chi connectivity index (χ2v) is 6.81. The van der Waals surface area contributed by atoms with Crippen molar-refractivity contribution in [3.63, 3.8) is 0 Å². The van der Waals surface area contributed by atoms with E-state index in [1.165, 1.54) is 12.1 Å². The largest absolute Gasteiger partial charge is 0.497 e. The van der Waals surface area contributed by atoms with Crippen LogP contribution in [0.15, 0.2) is 48.5 Å². The first-order valence-electron chi connectivity index (χ1n) is 9.73. The molecular formula is C21H27N3O5. The van der Waals surface area contributed by atoms with Gasteiger partial charge in [0, 0.05) is 45.3 Å². The number of methoxy groups -OCH3 is 1. The van der Waals surface area contributed by atoms with Gasteiger partial charge in [0.15, 0.2) is 0 Å². The van der Waals surface area contributed by atoms with E-state index < -0.39 is 4.92 Å². The molecule has 0 atom stereocenters. The van der Waals surface area contributed by atoms with Gasteiger partial charge in [-0.05, 0) is 30.3 Å². The van der Waals surface area contributed by atoms with E-state index >= 15 is 0 Å². The van der Waals surface area contributed by atoms with E-state index in [4.69, 9.17) is 14.2 Å². The van der Waals surface area contributed by atoms with Crippen LogP contribution < -0.4 is 14.2 Å². The minimum atomic E-state index is -0.412. The number of piperazine rings is 1. The Morgan fingerprint density at radius 1 is 0.862 bits per heavy atom. The third-order valence-corrected chi connectivity index (χ3v) is 4.91. The van der Waals surface area contributed by atoms with Crippen molar-refractivity contribution >= 4 is 5.69 Å². The van der Waals surface area contributed by atoms with Crippen molar-refractivity contribution in [2.24, 2.45) is 0 Å². The summed E-state index contributed by atoms with van der Waals surface area (Å²) in [5, 5.41) is 10.8. The van der Waals surface area contributed by atoms with Crippen LogP contribution >= 0.6 is 0 Å². The van der Waals surface area contributed by atoms with Crippen molar-refractivity contribution in [2.45, 2.75) is 0 Å². The minimum absolute atomic E-state index is 0.0490. The molecule has 29 heavy (non-hydrogen) atoms. The summed E-state index contributed by atoms with van der Waals surface area (Å²) in [6, 6.07) is 13.9. The molecule has 0 amide bonds. The Hall–Kier alpha value is -2.84. The van der Waals surface area contributed by atoms with Crippen molar-refractivity contribution in [3.8, 4) is 17.2 Å². The van der Waals surface area contributed by atoms with Crippen LogP contribution in [0.25, 0.3) is 0 Å². The third kappa shape index (κ3) is 6.62. The van der Waals surface area contributed by atoms with Gasteiger partial charge in [0.1, 0.15) is 30.5 Å². The Morgan fingerprint density at radius 3 is 1.97 bits per heavy atom. The fourth-order valence-electron chi connectivity index (χ4n) is 3.18. The number of nitro benzene ring substituents is 1. The van der Waals surface area contributed by atoms with Crippen LogP contribution in [0.2, 0.25) is 0 Å². The highest BCUT2D eigenvalue weighted by atomic mass is 16.6. The summed E-state index contributed by atoms with van der Waals surface area (Å²) in [7, 11) is 1.65. The maximum atomic E-state index is 10.8. The van der Waals surface area contributed by atoms with Crippen LogP contribution in [0, 0.1) is 10.1 Å². The summed E-state index contributed by atoms with van der Waals surface area (Å²) >= 11 is 0. The molecule has 1 heterocycles. The maximum absolute atomic E-state index is 10.8. The Bertz CT molecular complexity index is 776. The average Bonchev–Trinajstić information content (AvgIpc) is 2.75. The molecule has 0 radical (unpaired) electrons. The first-order valence-corrected chi connectivity index (χ1v) is 9.73. The second kappa shape index (κ2) is 10.6. The van der Waals surface area contributed by atoms with Gasteiger partial charge in [0.25, 0.3) is 5.69 Å². The van der Waals surface area contributed by atoms with E-state index in [1.807, 2.05) is 24.3 Å². The highest BCUT2D eigenvalue weighted by Crippen LogP contribution is 2.19. The number of hydrogen-bond donors (Lipinski definition) is 0. The van der Waals surface area contributed by atoms with Gasteiger partial charge in [-0.2, -0.15) is 0 Å². The van der Waals surface area contributed by atoms with Crippen LogP contribution in [-0.2, 0) is 0 Å².